The van der Waals surface area contributed by atoms with Gasteiger partial charge in [0.25, 0.3) is 5.91 Å². The molecule has 1 aromatic rings. The van der Waals surface area contributed by atoms with E-state index in [1.165, 1.54) is 25.9 Å². The number of rotatable bonds is 8. The zero-order chi connectivity index (χ0) is 19.1. The first-order valence-corrected chi connectivity index (χ1v) is 10.6. The minimum atomic E-state index is 0.0880. The average molecular weight is 377 g/mol. The molecule has 3 heterocycles. The van der Waals surface area contributed by atoms with Gasteiger partial charge in [0.05, 0.1) is 19.6 Å². The summed E-state index contributed by atoms with van der Waals surface area (Å²) < 4.78 is 0. The van der Waals surface area contributed by atoms with Crippen LogP contribution in [-0.2, 0) is 11.2 Å². The number of quaternary nitrogens is 2. The highest BCUT2D eigenvalue weighted by Gasteiger charge is 2.46. The molecule has 1 unspecified atom stereocenters. The van der Waals surface area contributed by atoms with Crippen LogP contribution in [0.4, 0.5) is 5.82 Å². The molecule has 7 heteroatoms. The van der Waals surface area contributed by atoms with Crippen LogP contribution in [0.25, 0.3) is 0 Å². The van der Waals surface area contributed by atoms with Crippen molar-refractivity contribution in [3.63, 3.8) is 0 Å². The van der Waals surface area contributed by atoms with E-state index in [1.807, 2.05) is 13.0 Å². The van der Waals surface area contributed by atoms with Crippen molar-refractivity contribution in [1.82, 2.24) is 15.3 Å². The summed E-state index contributed by atoms with van der Waals surface area (Å²) in [7, 11) is 0. The van der Waals surface area contributed by atoms with Gasteiger partial charge in [-0.05, 0) is 13.3 Å². The van der Waals surface area contributed by atoms with Crippen molar-refractivity contribution in [3.8, 4) is 0 Å². The molecule has 2 fully saturated rings. The second kappa shape index (κ2) is 9.46. The fraction of sp³-hybridized carbons (Fsp3) is 0.750. The number of unbranched alkanes of at least 4 members (excludes halogenated alkanes) is 1. The second-order valence-electron chi connectivity index (χ2n) is 8.25. The summed E-state index contributed by atoms with van der Waals surface area (Å²) in [4.78, 5) is 21.6. The third-order valence-electron chi connectivity index (χ3n) is 5.97. The predicted octanol–water partition coefficient (Wildman–Crippen LogP) is -0.665. The standard InChI is InChI=1S/C20H34N6O/c1-3-4-5-17-25-15(2)12-18(26-17)22-10-11-23-19(27)16-13-20(14-24-16)6-8-21-9-7-20/h12,16,21,24H,3-11,13-14H2,1-2H3,(H,23,27)(H,22,25,26)/p+2. The fourth-order valence-electron chi connectivity index (χ4n) is 4.39. The van der Waals surface area contributed by atoms with Crippen LogP contribution < -0.4 is 21.3 Å². The van der Waals surface area contributed by atoms with Gasteiger partial charge in [-0.25, -0.2) is 9.97 Å². The lowest BCUT2D eigenvalue weighted by Gasteiger charge is -2.28. The second-order valence-corrected chi connectivity index (χ2v) is 8.25. The number of carbonyl (C=O) groups excluding carboxylic acids is 1. The topological polar surface area (TPSA) is 100 Å². The number of aryl methyl sites for hydroxylation is 2. The number of nitrogens with two attached hydrogens (primary N) is 2. The van der Waals surface area contributed by atoms with Crippen LogP contribution in [0.2, 0.25) is 0 Å². The van der Waals surface area contributed by atoms with Crippen molar-refractivity contribution in [2.75, 3.05) is 38.0 Å². The zero-order valence-corrected chi connectivity index (χ0v) is 16.9. The van der Waals surface area contributed by atoms with E-state index in [0.717, 1.165) is 49.6 Å². The fourth-order valence-corrected chi connectivity index (χ4v) is 4.39. The highest BCUT2D eigenvalue weighted by molar-refractivity contribution is 5.80. The van der Waals surface area contributed by atoms with Crippen molar-refractivity contribution in [2.45, 2.75) is 58.4 Å². The number of aromatic nitrogens is 2. The first kappa shape index (κ1) is 20.0. The Morgan fingerprint density at radius 1 is 1.30 bits per heavy atom. The lowest BCUT2D eigenvalue weighted by atomic mass is 9.77. The lowest BCUT2D eigenvalue weighted by Crippen LogP contribution is -2.91. The van der Waals surface area contributed by atoms with E-state index in [9.17, 15) is 4.79 Å². The molecule has 1 amide bonds. The van der Waals surface area contributed by atoms with Crippen LogP contribution in [0.1, 0.15) is 50.5 Å². The molecule has 0 radical (unpaired) electrons. The van der Waals surface area contributed by atoms with Gasteiger partial charge < -0.3 is 21.3 Å². The zero-order valence-electron chi connectivity index (χ0n) is 16.9. The summed E-state index contributed by atoms with van der Waals surface area (Å²) in [5, 5.41) is 11.1. The molecular weight excluding hydrogens is 340 g/mol. The summed E-state index contributed by atoms with van der Waals surface area (Å²) in [6, 6.07) is 2.05. The van der Waals surface area contributed by atoms with Crippen LogP contribution >= 0.6 is 0 Å². The smallest absolute Gasteiger partial charge is 0.278 e. The molecule has 27 heavy (non-hydrogen) atoms. The van der Waals surface area contributed by atoms with Crippen molar-refractivity contribution < 1.29 is 15.4 Å². The van der Waals surface area contributed by atoms with Crippen LogP contribution in [0.3, 0.4) is 0 Å². The molecule has 0 saturated carbocycles. The monoisotopic (exact) mass is 376 g/mol. The molecule has 2 saturated heterocycles. The number of amides is 1. The number of hydrogen-bond donors (Lipinski definition) is 4. The van der Waals surface area contributed by atoms with Crippen molar-refractivity contribution >= 4 is 11.7 Å². The molecule has 2 aliphatic rings. The Bertz CT molecular complexity index is 629. The third kappa shape index (κ3) is 5.62. The van der Waals surface area contributed by atoms with E-state index in [-0.39, 0.29) is 11.9 Å². The molecule has 0 aromatic carbocycles. The number of nitrogens with one attached hydrogen (secondary N) is 2. The number of hydrogen-bond acceptors (Lipinski definition) is 4. The SMILES string of the molecule is CCCCc1nc(C)cc(NCCNC(=O)C2CC3(CC[NH2+]CC3)C[NH2+]2)n1. The maximum Gasteiger partial charge on any atom is 0.278 e. The van der Waals surface area contributed by atoms with Crippen LogP contribution in [-0.4, -0.2) is 54.6 Å². The molecule has 1 spiro atoms. The summed E-state index contributed by atoms with van der Waals surface area (Å²) in [6.07, 6.45) is 6.71. The van der Waals surface area contributed by atoms with E-state index in [1.54, 1.807) is 0 Å². The first-order valence-electron chi connectivity index (χ1n) is 10.6. The minimum Gasteiger partial charge on any atom is -0.368 e. The van der Waals surface area contributed by atoms with E-state index >= 15 is 0 Å². The average Bonchev–Trinajstić information content (AvgIpc) is 3.07. The van der Waals surface area contributed by atoms with Gasteiger partial charge in [0.2, 0.25) is 0 Å². The molecule has 2 aliphatic heterocycles. The Hall–Kier alpha value is -1.73. The number of anilines is 1. The predicted molar refractivity (Wildman–Crippen MR) is 105 cm³/mol. The number of carbonyl (C=O) groups is 1. The van der Waals surface area contributed by atoms with Gasteiger partial charge in [0.1, 0.15) is 11.6 Å². The van der Waals surface area contributed by atoms with Crippen LogP contribution in [0, 0.1) is 12.3 Å². The van der Waals surface area contributed by atoms with Crippen LogP contribution in [0.15, 0.2) is 6.07 Å². The normalized spacial score (nSPS) is 21.3. The Morgan fingerprint density at radius 3 is 2.89 bits per heavy atom. The molecule has 150 valence electrons. The molecule has 6 N–H and O–H groups in total. The van der Waals surface area contributed by atoms with Gasteiger partial charge in [-0.2, -0.15) is 0 Å². The van der Waals surface area contributed by atoms with E-state index in [0.29, 0.717) is 18.5 Å². The van der Waals surface area contributed by atoms with Gasteiger partial charge in [-0.15, -0.1) is 0 Å². The first-order chi connectivity index (χ1) is 13.1. The quantitative estimate of drug-likeness (QED) is 0.452. The maximum absolute atomic E-state index is 12.5. The highest BCUT2D eigenvalue weighted by atomic mass is 16.2. The van der Waals surface area contributed by atoms with E-state index in [4.69, 9.17) is 0 Å². The number of piperidine rings is 1. The van der Waals surface area contributed by atoms with Gasteiger partial charge in [-0.3, -0.25) is 4.79 Å². The maximum atomic E-state index is 12.5. The lowest BCUT2D eigenvalue weighted by molar-refractivity contribution is -0.681. The Balaban J connectivity index is 1.40. The molecule has 0 aliphatic carbocycles. The molecule has 1 aromatic heterocycles. The van der Waals surface area contributed by atoms with Crippen molar-refractivity contribution in [3.05, 3.63) is 17.6 Å². The third-order valence-corrected chi connectivity index (χ3v) is 5.97. The van der Waals surface area contributed by atoms with Gasteiger partial charge in [0.15, 0.2) is 6.04 Å². The molecule has 0 bridgehead atoms. The summed E-state index contributed by atoms with van der Waals surface area (Å²) in [6.45, 7) is 9.01. The van der Waals surface area contributed by atoms with E-state index in [2.05, 4.69) is 38.2 Å². The Labute approximate surface area is 162 Å². The van der Waals surface area contributed by atoms with Crippen molar-refractivity contribution in [2.24, 2.45) is 5.41 Å². The Kier molecular flexibility index (Phi) is 7.01. The largest absolute Gasteiger partial charge is 0.368 e. The summed E-state index contributed by atoms with van der Waals surface area (Å²) in [5.41, 5.74) is 1.39. The van der Waals surface area contributed by atoms with Crippen molar-refractivity contribution in [1.29, 1.82) is 0 Å². The van der Waals surface area contributed by atoms with Gasteiger partial charge in [0, 0.05) is 55.9 Å². The summed E-state index contributed by atoms with van der Waals surface area (Å²) >= 11 is 0. The minimum absolute atomic E-state index is 0.0880. The highest BCUT2D eigenvalue weighted by Crippen LogP contribution is 2.33. The molecule has 1 atom stereocenters. The summed E-state index contributed by atoms with van der Waals surface area (Å²) in [5.74, 6) is 1.94. The molecule has 3 rings (SSSR count). The van der Waals surface area contributed by atoms with Crippen LogP contribution in [0.5, 0.6) is 0 Å². The Morgan fingerprint density at radius 2 is 2.11 bits per heavy atom. The molecule has 7 nitrogen and oxygen atoms in total. The molecular formula is C20H36N6O+2. The van der Waals surface area contributed by atoms with Gasteiger partial charge >= 0.3 is 0 Å². The number of nitrogens with zero attached hydrogens (tertiary/aromatic N) is 2. The van der Waals surface area contributed by atoms with Gasteiger partial charge in [-0.1, -0.05) is 13.3 Å². The van der Waals surface area contributed by atoms with E-state index < -0.39 is 0 Å².